The van der Waals surface area contributed by atoms with Gasteiger partial charge in [0.25, 0.3) is 5.91 Å². The molecule has 0 atom stereocenters. The van der Waals surface area contributed by atoms with Crippen LogP contribution in [0.4, 0.5) is 0 Å². The van der Waals surface area contributed by atoms with Gasteiger partial charge in [-0.05, 0) is 23.3 Å². The van der Waals surface area contributed by atoms with Gasteiger partial charge in [-0.3, -0.25) is 25.4 Å². The average Bonchev–Trinajstić information content (AvgIpc) is 2.73. The van der Waals surface area contributed by atoms with Gasteiger partial charge in [0.05, 0.1) is 5.92 Å². The first kappa shape index (κ1) is 20.3. The van der Waals surface area contributed by atoms with E-state index in [1.165, 1.54) is 0 Å². The standard InChI is InChI=1S/C24H25N3O2/c1-24(2,3)20-16-19(14-15-25-20)22(28)26-27-23(29)21(17-10-6-4-7-11-17)18-12-8-5-9-13-18/h4-16,21H,1-3H3,(H,26,28)(H,27,29). The van der Waals surface area contributed by atoms with Crippen molar-refractivity contribution >= 4 is 11.8 Å². The van der Waals surface area contributed by atoms with E-state index in [1.807, 2.05) is 81.4 Å². The van der Waals surface area contributed by atoms with E-state index in [0.29, 0.717) is 5.56 Å². The Balaban J connectivity index is 1.76. The minimum atomic E-state index is -0.528. The first-order valence-electron chi connectivity index (χ1n) is 9.53. The van der Waals surface area contributed by atoms with Crippen molar-refractivity contribution in [2.45, 2.75) is 32.1 Å². The highest BCUT2D eigenvalue weighted by atomic mass is 16.2. The number of amides is 2. The Labute approximate surface area is 171 Å². The van der Waals surface area contributed by atoms with Crippen molar-refractivity contribution in [2.24, 2.45) is 0 Å². The molecule has 0 spiro atoms. The smallest absolute Gasteiger partial charge is 0.269 e. The first-order valence-corrected chi connectivity index (χ1v) is 9.53. The van der Waals surface area contributed by atoms with E-state index >= 15 is 0 Å². The predicted molar refractivity (Wildman–Crippen MR) is 113 cm³/mol. The van der Waals surface area contributed by atoms with Crippen LogP contribution in [0.1, 0.15) is 53.9 Å². The molecule has 1 aromatic heterocycles. The van der Waals surface area contributed by atoms with Gasteiger partial charge in [-0.25, -0.2) is 0 Å². The zero-order valence-electron chi connectivity index (χ0n) is 16.8. The van der Waals surface area contributed by atoms with Crippen LogP contribution in [-0.2, 0) is 10.2 Å². The maximum atomic E-state index is 13.0. The Kier molecular flexibility index (Phi) is 6.07. The summed E-state index contributed by atoms with van der Waals surface area (Å²) in [6.45, 7) is 6.09. The molecule has 2 amide bonds. The Bertz CT molecular complexity index is 940. The Morgan fingerprint density at radius 1 is 0.828 bits per heavy atom. The number of carbonyl (C=O) groups excluding carboxylic acids is 2. The van der Waals surface area contributed by atoms with Gasteiger partial charge < -0.3 is 0 Å². The lowest BCUT2D eigenvalue weighted by molar-refractivity contribution is -0.122. The SMILES string of the molecule is CC(C)(C)c1cc(C(=O)NNC(=O)C(c2ccccc2)c2ccccc2)ccn1. The van der Waals surface area contributed by atoms with Crippen LogP contribution in [0.2, 0.25) is 0 Å². The molecule has 148 valence electrons. The second-order valence-electron chi connectivity index (χ2n) is 7.88. The lowest BCUT2D eigenvalue weighted by atomic mass is 9.90. The second kappa shape index (κ2) is 8.69. The highest BCUT2D eigenvalue weighted by Crippen LogP contribution is 2.24. The van der Waals surface area contributed by atoms with Crippen molar-refractivity contribution in [1.29, 1.82) is 0 Å². The highest BCUT2D eigenvalue weighted by molar-refractivity contribution is 5.96. The third-order valence-electron chi connectivity index (χ3n) is 4.62. The number of carbonyl (C=O) groups is 2. The zero-order valence-corrected chi connectivity index (χ0v) is 16.8. The van der Waals surface area contributed by atoms with Crippen LogP contribution in [0, 0.1) is 0 Å². The van der Waals surface area contributed by atoms with Gasteiger partial charge in [-0.15, -0.1) is 0 Å². The molecule has 2 N–H and O–H groups in total. The van der Waals surface area contributed by atoms with Crippen LogP contribution < -0.4 is 10.9 Å². The maximum Gasteiger partial charge on any atom is 0.269 e. The summed E-state index contributed by atoms with van der Waals surface area (Å²) < 4.78 is 0. The third kappa shape index (κ3) is 5.08. The number of aromatic nitrogens is 1. The van der Waals surface area contributed by atoms with E-state index in [-0.39, 0.29) is 17.2 Å². The lowest BCUT2D eigenvalue weighted by Gasteiger charge is -2.19. The number of rotatable bonds is 4. The van der Waals surface area contributed by atoms with Crippen LogP contribution in [0.15, 0.2) is 79.0 Å². The van der Waals surface area contributed by atoms with E-state index in [4.69, 9.17) is 0 Å². The number of nitrogens with one attached hydrogen (secondary N) is 2. The van der Waals surface area contributed by atoms with Crippen molar-refractivity contribution in [2.75, 3.05) is 0 Å². The van der Waals surface area contributed by atoms with Crippen molar-refractivity contribution in [1.82, 2.24) is 15.8 Å². The molecular weight excluding hydrogens is 362 g/mol. The zero-order chi connectivity index (χ0) is 20.9. The Morgan fingerprint density at radius 2 is 1.38 bits per heavy atom. The number of pyridine rings is 1. The van der Waals surface area contributed by atoms with Gasteiger partial charge in [0.1, 0.15) is 0 Å². The molecule has 0 bridgehead atoms. The number of hydrogen-bond acceptors (Lipinski definition) is 3. The summed E-state index contributed by atoms with van der Waals surface area (Å²) in [5.74, 6) is -1.22. The Hall–Kier alpha value is -3.47. The number of hydrogen-bond donors (Lipinski definition) is 2. The molecule has 0 unspecified atom stereocenters. The molecule has 3 rings (SSSR count). The fourth-order valence-corrected chi connectivity index (χ4v) is 3.03. The van der Waals surface area contributed by atoms with Gasteiger partial charge in [0.2, 0.25) is 5.91 Å². The molecule has 2 aromatic carbocycles. The minimum Gasteiger partial charge on any atom is -0.272 e. The second-order valence-corrected chi connectivity index (χ2v) is 7.88. The maximum absolute atomic E-state index is 13.0. The highest BCUT2D eigenvalue weighted by Gasteiger charge is 2.23. The molecular formula is C24H25N3O2. The average molecular weight is 387 g/mol. The van der Waals surface area contributed by atoms with E-state index in [1.54, 1.807) is 18.3 Å². The summed E-state index contributed by atoms with van der Waals surface area (Å²) in [7, 11) is 0. The number of hydrazine groups is 1. The fourth-order valence-electron chi connectivity index (χ4n) is 3.03. The molecule has 3 aromatic rings. The molecule has 5 nitrogen and oxygen atoms in total. The molecule has 5 heteroatoms. The van der Waals surface area contributed by atoms with E-state index in [0.717, 1.165) is 16.8 Å². The summed E-state index contributed by atoms with van der Waals surface area (Å²) in [6.07, 6.45) is 1.61. The van der Waals surface area contributed by atoms with Crippen LogP contribution in [0.3, 0.4) is 0 Å². The largest absolute Gasteiger partial charge is 0.272 e. The van der Waals surface area contributed by atoms with Crippen molar-refractivity contribution < 1.29 is 9.59 Å². The molecule has 0 aliphatic heterocycles. The van der Waals surface area contributed by atoms with Gasteiger partial charge in [-0.1, -0.05) is 81.4 Å². The van der Waals surface area contributed by atoms with Crippen LogP contribution >= 0.6 is 0 Å². The van der Waals surface area contributed by atoms with Crippen molar-refractivity contribution in [3.8, 4) is 0 Å². The molecule has 0 fully saturated rings. The van der Waals surface area contributed by atoms with E-state index in [2.05, 4.69) is 15.8 Å². The molecule has 0 saturated heterocycles. The normalized spacial score (nSPS) is 11.2. The first-order chi connectivity index (χ1) is 13.9. The van der Waals surface area contributed by atoms with Crippen molar-refractivity contribution in [3.63, 3.8) is 0 Å². The summed E-state index contributed by atoms with van der Waals surface area (Å²) in [6, 6.07) is 22.3. The molecule has 0 radical (unpaired) electrons. The van der Waals surface area contributed by atoms with Gasteiger partial charge in [-0.2, -0.15) is 0 Å². The Morgan fingerprint density at radius 3 is 1.90 bits per heavy atom. The molecule has 1 heterocycles. The predicted octanol–water partition coefficient (Wildman–Crippen LogP) is 3.97. The third-order valence-corrected chi connectivity index (χ3v) is 4.62. The molecule has 29 heavy (non-hydrogen) atoms. The quantitative estimate of drug-likeness (QED) is 0.666. The number of nitrogens with zero attached hydrogens (tertiary/aromatic N) is 1. The molecule has 0 aliphatic carbocycles. The molecule has 0 aliphatic rings. The number of benzene rings is 2. The lowest BCUT2D eigenvalue weighted by Crippen LogP contribution is -2.44. The summed E-state index contributed by atoms with van der Waals surface area (Å²) in [5, 5.41) is 0. The van der Waals surface area contributed by atoms with Gasteiger partial charge >= 0.3 is 0 Å². The monoisotopic (exact) mass is 387 g/mol. The van der Waals surface area contributed by atoms with Gasteiger partial charge in [0.15, 0.2) is 0 Å². The van der Waals surface area contributed by atoms with E-state index < -0.39 is 5.92 Å². The minimum absolute atomic E-state index is 0.175. The topological polar surface area (TPSA) is 71.1 Å². The van der Waals surface area contributed by atoms with Crippen LogP contribution in [0.25, 0.3) is 0 Å². The van der Waals surface area contributed by atoms with Crippen LogP contribution in [-0.4, -0.2) is 16.8 Å². The van der Waals surface area contributed by atoms with Gasteiger partial charge in [0, 0.05) is 22.9 Å². The summed E-state index contributed by atoms with van der Waals surface area (Å²) >= 11 is 0. The van der Waals surface area contributed by atoms with E-state index in [9.17, 15) is 9.59 Å². The van der Waals surface area contributed by atoms with Crippen LogP contribution in [0.5, 0.6) is 0 Å². The summed E-state index contributed by atoms with van der Waals surface area (Å²) in [4.78, 5) is 29.9. The fraction of sp³-hybridized carbons (Fsp3) is 0.208. The van der Waals surface area contributed by atoms with Crippen molar-refractivity contribution in [3.05, 3.63) is 101 Å². The molecule has 0 saturated carbocycles. The summed E-state index contributed by atoms with van der Waals surface area (Å²) in [5.41, 5.74) is 7.89.